The van der Waals surface area contributed by atoms with E-state index in [0.29, 0.717) is 12.1 Å². The largest absolute Gasteiger partial charge is 0.467 e. The molecule has 3 nitrogen and oxygen atoms in total. The molecule has 1 rings (SSSR count). The summed E-state index contributed by atoms with van der Waals surface area (Å²) >= 11 is 0. The van der Waals surface area contributed by atoms with E-state index in [1.807, 2.05) is 0 Å². The highest BCUT2D eigenvalue weighted by Crippen LogP contribution is 2.31. The highest BCUT2D eigenvalue weighted by atomic mass is 19.4. The van der Waals surface area contributed by atoms with Crippen molar-refractivity contribution in [1.29, 1.82) is 0 Å². The van der Waals surface area contributed by atoms with Crippen molar-refractivity contribution in [1.82, 2.24) is 0 Å². The fraction of sp³-hybridized carbons (Fsp3) is 0.300. The van der Waals surface area contributed by atoms with Crippen molar-refractivity contribution in [3.63, 3.8) is 0 Å². The van der Waals surface area contributed by atoms with Gasteiger partial charge in [-0.1, -0.05) is 0 Å². The number of ether oxygens (including phenoxy) is 1. The normalized spacial score (nSPS) is 13.3. The van der Waals surface area contributed by atoms with Gasteiger partial charge >= 0.3 is 12.1 Å². The Morgan fingerprint density at radius 1 is 1.35 bits per heavy atom. The van der Waals surface area contributed by atoms with Crippen LogP contribution in [0.5, 0.6) is 0 Å². The summed E-state index contributed by atoms with van der Waals surface area (Å²) in [6.45, 7) is 0. The Bertz CT molecular complexity index is 428. The van der Waals surface area contributed by atoms with E-state index < -0.39 is 35.2 Å². The predicted octanol–water partition coefficient (Wildman–Crippen LogP) is 2.05. The van der Waals surface area contributed by atoms with Crippen LogP contribution < -0.4 is 0 Å². The Hall–Kier alpha value is -1.63. The average Bonchev–Trinajstić information content (AvgIpc) is 2.25. The van der Waals surface area contributed by atoms with Gasteiger partial charge in [-0.15, -0.1) is 0 Å². The number of methoxy groups -OCH3 is 1. The quantitative estimate of drug-likeness (QED) is 0.647. The van der Waals surface area contributed by atoms with Crippen molar-refractivity contribution < 1.29 is 32.2 Å². The number of carbonyl (C=O) groups is 1. The van der Waals surface area contributed by atoms with Gasteiger partial charge < -0.3 is 9.84 Å². The second-order valence-corrected chi connectivity index (χ2v) is 3.20. The molecule has 1 aromatic rings. The number of carbonyl (C=O) groups excluding carboxylic acids is 1. The third-order valence-corrected chi connectivity index (χ3v) is 1.99. The van der Waals surface area contributed by atoms with Crippen molar-refractivity contribution in [3.8, 4) is 0 Å². The summed E-state index contributed by atoms with van der Waals surface area (Å²) in [5.41, 5.74) is -1.79. The first-order chi connectivity index (χ1) is 7.75. The molecule has 0 bridgehead atoms. The Morgan fingerprint density at radius 2 is 1.94 bits per heavy atom. The number of aliphatic hydroxyl groups is 1. The molecule has 0 aliphatic carbocycles. The summed E-state index contributed by atoms with van der Waals surface area (Å²) in [5.74, 6) is -2.36. The van der Waals surface area contributed by atoms with Gasteiger partial charge in [0.1, 0.15) is 5.82 Å². The Balaban J connectivity index is 3.18. The zero-order valence-corrected chi connectivity index (χ0v) is 8.58. The van der Waals surface area contributed by atoms with Crippen molar-refractivity contribution in [2.45, 2.75) is 12.3 Å². The maximum atomic E-state index is 12.9. The molecule has 94 valence electrons. The van der Waals surface area contributed by atoms with E-state index in [1.165, 1.54) is 0 Å². The van der Waals surface area contributed by atoms with Crippen molar-refractivity contribution in [3.05, 3.63) is 35.1 Å². The molecule has 7 heteroatoms. The zero-order chi connectivity index (χ0) is 13.2. The summed E-state index contributed by atoms with van der Waals surface area (Å²) in [6, 6.07) is 1.40. The summed E-state index contributed by atoms with van der Waals surface area (Å²) in [4.78, 5) is 10.9. The first kappa shape index (κ1) is 13.4. The molecule has 0 amide bonds. The van der Waals surface area contributed by atoms with Crippen LogP contribution in [0.1, 0.15) is 17.2 Å². The van der Waals surface area contributed by atoms with E-state index in [2.05, 4.69) is 4.74 Å². The first-order valence-corrected chi connectivity index (χ1v) is 4.39. The van der Waals surface area contributed by atoms with Gasteiger partial charge in [0.15, 0.2) is 6.10 Å². The molecule has 0 aliphatic rings. The molecule has 0 heterocycles. The van der Waals surface area contributed by atoms with Gasteiger partial charge in [0.25, 0.3) is 0 Å². The highest BCUT2D eigenvalue weighted by molar-refractivity contribution is 5.76. The number of alkyl halides is 3. The highest BCUT2D eigenvalue weighted by Gasteiger charge is 2.32. The number of halogens is 4. The Kier molecular flexibility index (Phi) is 3.72. The third kappa shape index (κ3) is 3.16. The molecule has 0 fully saturated rings. The topological polar surface area (TPSA) is 46.5 Å². The van der Waals surface area contributed by atoms with Gasteiger partial charge in [-0.25, -0.2) is 9.18 Å². The lowest BCUT2D eigenvalue weighted by atomic mass is 10.1. The van der Waals surface area contributed by atoms with Gasteiger partial charge in [0.05, 0.1) is 12.7 Å². The molecule has 0 spiro atoms. The van der Waals surface area contributed by atoms with E-state index >= 15 is 0 Å². The maximum absolute atomic E-state index is 12.9. The molecule has 0 aliphatic heterocycles. The van der Waals surface area contributed by atoms with Crippen LogP contribution in [-0.2, 0) is 15.7 Å². The molecule has 1 unspecified atom stereocenters. The number of hydrogen-bond acceptors (Lipinski definition) is 3. The van der Waals surface area contributed by atoms with Crippen LogP contribution in [0.2, 0.25) is 0 Å². The first-order valence-electron chi connectivity index (χ1n) is 4.39. The van der Waals surface area contributed by atoms with Crippen LogP contribution in [0.25, 0.3) is 0 Å². The molecular formula is C10H8F4O3. The van der Waals surface area contributed by atoms with E-state index in [0.717, 1.165) is 7.11 Å². The van der Waals surface area contributed by atoms with E-state index in [1.54, 1.807) is 0 Å². The summed E-state index contributed by atoms with van der Waals surface area (Å²) in [6.07, 6.45) is -6.70. The van der Waals surface area contributed by atoms with Crippen molar-refractivity contribution >= 4 is 5.97 Å². The van der Waals surface area contributed by atoms with Crippen molar-refractivity contribution in [2.24, 2.45) is 0 Å². The van der Waals surface area contributed by atoms with E-state index in [9.17, 15) is 27.5 Å². The number of rotatable bonds is 2. The third-order valence-electron chi connectivity index (χ3n) is 1.99. The summed E-state index contributed by atoms with van der Waals surface area (Å²) in [5, 5.41) is 9.30. The number of aliphatic hydroxyl groups excluding tert-OH is 1. The lowest BCUT2D eigenvalue weighted by molar-refractivity contribution is -0.151. The minimum atomic E-state index is -4.76. The van der Waals surface area contributed by atoms with Gasteiger partial charge in [-0.05, 0) is 23.8 Å². The molecule has 1 atom stereocenters. The monoisotopic (exact) mass is 252 g/mol. The van der Waals surface area contributed by atoms with Crippen LogP contribution in [0.15, 0.2) is 18.2 Å². The minimum absolute atomic E-state index is 0.271. The van der Waals surface area contributed by atoms with Gasteiger partial charge in [0.2, 0.25) is 0 Å². The molecule has 0 saturated carbocycles. The summed E-state index contributed by atoms with van der Waals surface area (Å²) < 4.78 is 54.1. The molecule has 1 N–H and O–H groups in total. The standard InChI is InChI=1S/C10H8F4O3/c1-17-9(16)8(15)5-2-6(10(12,13)14)4-7(11)3-5/h2-4,8,15H,1H3. The fourth-order valence-corrected chi connectivity index (χ4v) is 1.18. The van der Waals surface area contributed by atoms with Crippen LogP contribution in [-0.4, -0.2) is 18.2 Å². The smallest absolute Gasteiger partial charge is 0.416 e. The van der Waals surface area contributed by atoms with Gasteiger partial charge in [-0.2, -0.15) is 13.2 Å². The molecule has 0 saturated heterocycles. The van der Waals surface area contributed by atoms with E-state index in [-0.39, 0.29) is 6.07 Å². The lowest BCUT2D eigenvalue weighted by Gasteiger charge is -2.12. The molecule has 0 radical (unpaired) electrons. The van der Waals surface area contributed by atoms with E-state index in [4.69, 9.17) is 0 Å². The maximum Gasteiger partial charge on any atom is 0.416 e. The molecule has 17 heavy (non-hydrogen) atoms. The van der Waals surface area contributed by atoms with Crippen LogP contribution in [0, 0.1) is 5.82 Å². The molecule has 1 aromatic carbocycles. The summed E-state index contributed by atoms with van der Waals surface area (Å²) in [7, 11) is 0.954. The van der Waals surface area contributed by atoms with Crippen molar-refractivity contribution in [2.75, 3.05) is 7.11 Å². The van der Waals surface area contributed by atoms with Crippen LogP contribution in [0.3, 0.4) is 0 Å². The second kappa shape index (κ2) is 4.70. The minimum Gasteiger partial charge on any atom is -0.467 e. The molecular weight excluding hydrogens is 244 g/mol. The number of benzene rings is 1. The van der Waals surface area contributed by atoms with Crippen LogP contribution in [0.4, 0.5) is 17.6 Å². The fourth-order valence-electron chi connectivity index (χ4n) is 1.18. The second-order valence-electron chi connectivity index (χ2n) is 3.20. The van der Waals surface area contributed by atoms with Crippen LogP contribution >= 0.6 is 0 Å². The number of hydrogen-bond donors (Lipinski definition) is 1. The lowest BCUT2D eigenvalue weighted by Crippen LogP contribution is -2.15. The SMILES string of the molecule is COC(=O)C(O)c1cc(F)cc(C(F)(F)F)c1. The van der Waals surface area contributed by atoms with Gasteiger partial charge in [0, 0.05) is 0 Å². The predicted molar refractivity (Wildman–Crippen MR) is 48.4 cm³/mol. The molecule has 0 aromatic heterocycles. The zero-order valence-electron chi connectivity index (χ0n) is 8.58. The Morgan fingerprint density at radius 3 is 2.41 bits per heavy atom. The average molecular weight is 252 g/mol. The Labute approximate surface area is 93.6 Å². The van der Waals surface area contributed by atoms with Gasteiger partial charge in [-0.3, -0.25) is 0 Å². The number of esters is 1.